The number of nitrogens with one attached hydrogen (secondary N) is 1. The lowest BCUT2D eigenvalue weighted by Gasteiger charge is -2.26. The molecule has 1 N–H and O–H groups in total. The molecular formula is C13H30N2O2. The van der Waals surface area contributed by atoms with Gasteiger partial charge in [-0.1, -0.05) is 13.8 Å². The van der Waals surface area contributed by atoms with Crippen LogP contribution < -0.4 is 5.32 Å². The largest absolute Gasteiger partial charge is 0.385 e. The molecule has 1 aliphatic heterocycles. The van der Waals surface area contributed by atoms with Crippen molar-refractivity contribution in [1.82, 2.24) is 10.2 Å². The van der Waals surface area contributed by atoms with Crippen molar-refractivity contribution in [1.29, 1.82) is 0 Å². The minimum absolute atomic E-state index is 0.858. The molecule has 17 heavy (non-hydrogen) atoms. The van der Waals surface area contributed by atoms with Crippen LogP contribution in [0, 0.1) is 0 Å². The Bertz CT molecular complexity index is 139. The van der Waals surface area contributed by atoms with Crippen LogP contribution in [0.15, 0.2) is 0 Å². The van der Waals surface area contributed by atoms with Gasteiger partial charge in [0.2, 0.25) is 0 Å². The van der Waals surface area contributed by atoms with Gasteiger partial charge in [0.05, 0.1) is 13.2 Å². The summed E-state index contributed by atoms with van der Waals surface area (Å²) < 4.78 is 10.3. The highest BCUT2D eigenvalue weighted by Gasteiger charge is 2.08. The van der Waals surface area contributed by atoms with E-state index in [0.29, 0.717) is 0 Å². The summed E-state index contributed by atoms with van der Waals surface area (Å²) >= 11 is 0. The van der Waals surface area contributed by atoms with Gasteiger partial charge in [0.1, 0.15) is 0 Å². The molecule has 0 aromatic rings. The van der Waals surface area contributed by atoms with Gasteiger partial charge in [-0.05, 0) is 32.5 Å². The molecule has 1 saturated heterocycles. The van der Waals surface area contributed by atoms with Crippen LogP contribution in [-0.2, 0) is 9.47 Å². The highest BCUT2D eigenvalue weighted by Crippen LogP contribution is 1.97. The van der Waals surface area contributed by atoms with Crippen LogP contribution in [0.4, 0.5) is 0 Å². The molecule has 0 aromatic carbocycles. The SMILES string of the molecule is CC.COCCCNCCCN1CCOCC1. The zero-order valence-electron chi connectivity index (χ0n) is 11.8. The molecule has 0 atom stereocenters. The Kier molecular flexibility index (Phi) is 13.8. The van der Waals surface area contributed by atoms with Crippen LogP contribution in [0.25, 0.3) is 0 Å². The van der Waals surface area contributed by atoms with Gasteiger partial charge in [-0.25, -0.2) is 0 Å². The molecule has 104 valence electrons. The Hall–Kier alpha value is -0.160. The summed E-state index contributed by atoms with van der Waals surface area (Å²) in [5.74, 6) is 0. The maximum absolute atomic E-state index is 5.30. The predicted octanol–water partition coefficient (Wildman–Crippen LogP) is 1.36. The molecule has 0 bridgehead atoms. The fraction of sp³-hybridized carbons (Fsp3) is 1.00. The van der Waals surface area contributed by atoms with Crippen LogP contribution in [0.5, 0.6) is 0 Å². The first-order valence-electron chi connectivity index (χ1n) is 6.93. The van der Waals surface area contributed by atoms with E-state index in [1.807, 2.05) is 13.8 Å². The third kappa shape index (κ3) is 10.7. The molecule has 1 rings (SSSR count). The van der Waals surface area contributed by atoms with Crippen molar-refractivity contribution < 1.29 is 9.47 Å². The molecule has 4 nitrogen and oxygen atoms in total. The molecular weight excluding hydrogens is 216 g/mol. The maximum Gasteiger partial charge on any atom is 0.0594 e. The second kappa shape index (κ2) is 13.9. The van der Waals surface area contributed by atoms with Crippen molar-refractivity contribution >= 4 is 0 Å². The first-order chi connectivity index (χ1) is 8.43. The monoisotopic (exact) mass is 246 g/mol. The highest BCUT2D eigenvalue weighted by atomic mass is 16.5. The molecule has 1 fully saturated rings. The van der Waals surface area contributed by atoms with E-state index in [0.717, 1.165) is 52.4 Å². The lowest BCUT2D eigenvalue weighted by molar-refractivity contribution is 0.0374. The van der Waals surface area contributed by atoms with E-state index in [1.54, 1.807) is 7.11 Å². The van der Waals surface area contributed by atoms with Gasteiger partial charge in [-0.3, -0.25) is 4.90 Å². The van der Waals surface area contributed by atoms with Crippen LogP contribution >= 0.6 is 0 Å². The van der Waals surface area contributed by atoms with Crippen LogP contribution in [0.1, 0.15) is 26.7 Å². The van der Waals surface area contributed by atoms with Gasteiger partial charge >= 0.3 is 0 Å². The van der Waals surface area contributed by atoms with E-state index in [9.17, 15) is 0 Å². The van der Waals surface area contributed by atoms with Crippen LogP contribution in [0.2, 0.25) is 0 Å². The smallest absolute Gasteiger partial charge is 0.0594 e. The summed E-state index contributed by atoms with van der Waals surface area (Å²) in [6, 6.07) is 0. The minimum atomic E-state index is 0.858. The second-order valence-corrected chi connectivity index (χ2v) is 3.90. The summed E-state index contributed by atoms with van der Waals surface area (Å²) in [5, 5.41) is 3.42. The molecule has 0 spiro atoms. The molecule has 1 heterocycles. The Balaban J connectivity index is 0.00000121. The number of morpholine rings is 1. The van der Waals surface area contributed by atoms with Crippen LogP contribution in [0.3, 0.4) is 0 Å². The van der Waals surface area contributed by atoms with Gasteiger partial charge in [0, 0.05) is 26.8 Å². The van der Waals surface area contributed by atoms with Gasteiger partial charge in [0.25, 0.3) is 0 Å². The normalized spacial score (nSPS) is 16.4. The van der Waals surface area contributed by atoms with Crippen molar-refractivity contribution in [2.45, 2.75) is 26.7 Å². The molecule has 1 aliphatic rings. The van der Waals surface area contributed by atoms with Gasteiger partial charge in [0.15, 0.2) is 0 Å². The molecule has 0 aromatic heterocycles. The Morgan fingerprint density at radius 3 is 2.41 bits per heavy atom. The van der Waals surface area contributed by atoms with E-state index >= 15 is 0 Å². The lowest BCUT2D eigenvalue weighted by Crippen LogP contribution is -2.37. The average Bonchev–Trinajstić information content (AvgIpc) is 2.41. The fourth-order valence-electron chi connectivity index (χ4n) is 1.72. The van der Waals surface area contributed by atoms with E-state index in [1.165, 1.54) is 13.0 Å². The average molecular weight is 246 g/mol. The number of methoxy groups -OCH3 is 1. The van der Waals surface area contributed by atoms with E-state index in [2.05, 4.69) is 10.2 Å². The third-order valence-electron chi connectivity index (χ3n) is 2.63. The summed E-state index contributed by atoms with van der Waals surface area (Å²) in [4.78, 5) is 2.47. The third-order valence-corrected chi connectivity index (χ3v) is 2.63. The molecule has 0 aliphatic carbocycles. The summed E-state index contributed by atoms with van der Waals surface area (Å²) in [7, 11) is 1.75. The number of ether oxygens (including phenoxy) is 2. The van der Waals surface area contributed by atoms with Crippen LogP contribution in [-0.4, -0.2) is 64.6 Å². The Labute approximate surface area is 107 Å². The van der Waals surface area contributed by atoms with Crippen molar-refractivity contribution in [2.24, 2.45) is 0 Å². The number of hydrogen-bond donors (Lipinski definition) is 1. The van der Waals surface area contributed by atoms with Crippen molar-refractivity contribution in [3.8, 4) is 0 Å². The standard InChI is InChI=1S/C11H24N2O2.C2H6/c1-14-9-3-5-12-4-2-6-13-7-10-15-11-8-13;1-2/h12H,2-11H2,1H3;1-2H3. The predicted molar refractivity (Wildman–Crippen MR) is 72.6 cm³/mol. The van der Waals surface area contributed by atoms with E-state index in [4.69, 9.17) is 9.47 Å². The lowest BCUT2D eigenvalue weighted by atomic mass is 10.3. The van der Waals surface area contributed by atoms with Gasteiger partial charge in [-0.15, -0.1) is 0 Å². The summed E-state index contributed by atoms with van der Waals surface area (Å²) in [5.41, 5.74) is 0. The zero-order valence-corrected chi connectivity index (χ0v) is 11.8. The van der Waals surface area contributed by atoms with Gasteiger partial charge < -0.3 is 14.8 Å². The highest BCUT2D eigenvalue weighted by molar-refractivity contribution is 4.62. The molecule has 4 heteroatoms. The quantitative estimate of drug-likeness (QED) is 0.656. The van der Waals surface area contributed by atoms with E-state index in [-0.39, 0.29) is 0 Å². The summed E-state index contributed by atoms with van der Waals surface area (Å²) in [6.45, 7) is 12.2. The first kappa shape index (κ1) is 16.8. The zero-order chi connectivity index (χ0) is 12.8. The van der Waals surface area contributed by atoms with E-state index < -0.39 is 0 Å². The summed E-state index contributed by atoms with van der Waals surface area (Å²) in [6.07, 6.45) is 2.33. The second-order valence-electron chi connectivity index (χ2n) is 3.90. The van der Waals surface area contributed by atoms with Gasteiger partial charge in [-0.2, -0.15) is 0 Å². The molecule has 0 saturated carbocycles. The van der Waals surface area contributed by atoms with Crippen molar-refractivity contribution in [3.05, 3.63) is 0 Å². The molecule has 0 radical (unpaired) electrons. The maximum atomic E-state index is 5.30. The molecule has 0 unspecified atom stereocenters. The number of nitrogens with zero attached hydrogens (tertiary/aromatic N) is 1. The number of rotatable bonds is 8. The van der Waals surface area contributed by atoms with Crippen molar-refractivity contribution in [3.63, 3.8) is 0 Å². The minimum Gasteiger partial charge on any atom is -0.385 e. The molecule has 0 amide bonds. The first-order valence-corrected chi connectivity index (χ1v) is 6.93. The Morgan fingerprint density at radius 1 is 1.12 bits per heavy atom. The topological polar surface area (TPSA) is 33.7 Å². The number of hydrogen-bond acceptors (Lipinski definition) is 4. The fourth-order valence-corrected chi connectivity index (χ4v) is 1.72. The van der Waals surface area contributed by atoms with Crippen molar-refractivity contribution in [2.75, 3.05) is 59.7 Å². The Morgan fingerprint density at radius 2 is 1.76 bits per heavy atom.